The summed E-state index contributed by atoms with van der Waals surface area (Å²) in [5.41, 5.74) is 5.63. The zero-order valence-corrected chi connectivity index (χ0v) is 15.4. The van der Waals surface area contributed by atoms with E-state index in [1.54, 1.807) is 0 Å². The van der Waals surface area contributed by atoms with Crippen LogP contribution in [0.25, 0.3) is 5.57 Å². The van der Waals surface area contributed by atoms with E-state index in [9.17, 15) is 4.79 Å². The van der Waals surface area contributed by atoms with E-state index in [1.165, 1.54) is 46.0 Å². The second kappa shape index (κ2) is 5.33. The fourth-order valence-electron chi connectivity index (χ4n) is 5.06. The summed E-state index contributed by atoms with van der Waals surface area (Å²) in [5, 5.41) is 0.274. The van der Waals surface area contributed by atoms with Crippen LogP contribution in [0.2, 0.25) is 0 Å². The Morgan fingerprint density at radius 1 is 1.12 bits per heavy atom. The van der Waals surface area contributed by atoms with Crippen molar-refractivity contribution >= 4 is 22.5 Å². The molecule has 25 heavy (non-hydrogen) atoms. The maximum Gasteiger partial charge on any atom is 0.223 e. The standard InChI is InChI=1S/C22H21NOS/c1-14-10-11-19-17(13-14)22(21(24)25-19)20(16-7-4-3-5-8-16)15(2)18-9-6-12-23(18)22/h3-5,7-8,10-11,13,18H,6,9,12H2,1-2H3/t18-,22-/m0/s1. The van der Waals surface area contributed by atoms with Crippen LogP contribution in [0.1, 0.15) is 36.5 Å². The fourth-order valence-corrected chi connectivity index (χ4v) is 6.19. The molecular weight excluding hydrogens is 326 g/mol. The Balaban J connectivity index is 1.85. The molecule has 0 radical (unpaired) electrons. The molecule has 0 aromatic heterocycles. The highest BCUT2D eigenvalue weighted by Gasteiger charge is 2.61. The van der Waals surface area contributed by atoms with Gasteiger partial charge in [0.15, 0.2) is 0 Å². The number of nitrogens with zero attached hydrogens (tertiary/aromatic N) is 1. The summed E-state index contributed by atoms with van der Waals surface area (Å²) in [6.45, 7) is 5.36. The lowest BCUT2D eigenvalue weighted by molar-refractivity contribution is -0.118. The Morgan fingerprint density at radius 2 is 1.92 bits per heavy atom. The lowest BCUT2D eigenvalue weighted by Gasteiger charge is -2.36. The van der Waals surface area contributed by atoms with Gasteiger partial charge < -0.3 is 0 Å². The molecule has 2 aromatic carbocycles. The molecule has 3 heteroatoms. The van der Waals surface area contributed by atoms with Crippen LogP contribution in [0.5, 0.6) is 0 Å². The summed E-state index contributed by atoms with van der Waals surface area (Å²) in [4.78, 5) is 17.1. The summed E-state index contributed by atoms with van der Waals surface area (Å²) in [5.74, 6) is 0. The second-order valence-electron chi connectivity index (χ2n) is 7.38. The lowest BCUT2D eigenvalue weighted by Crippen LogP contribution is -2.47. The summed E-state index contributed by atoms with van der Waals surface area (Å²) < 4.78 is 0. The van der Waals surface area contributed by atoms with Crippen LogP contribution in [0.4, 0.5) is 0 Å². The summed E-state index contributed by atoms with van der Waals surface area (Å²) in [7, 11) is 0. The van der Waals surface area contributed by atoms with Gasteiger partial charge in [0.05, 0.1) is 0 Å². The molecule has 2 aromatic rings. The van der Waals surface area contributed by atoms with Crippen molar-refractivity contribution in [3.63, 3.8) is 0 Å². The van der Waals surface area contributed by atoms with Gasteiger partial charge in [-0.05, 0) is 66.8 Å². The number of fused-ring (bicyclic) bond motifs is 4. The number of hydrogen-bond acceptors (Lipinski definition) is 3. The smallest absolute Gasteiger partial charge is 0.223 e. The minimum absolute atomic E-state index is 0.274. The van der Waals surface area contributed by atoms with Crippen molar-refractivity contribution in [3.05, 3.63) is 70.8 Å². The van der Waals surface area contributed by atoms with Gasteiger partial charge in [0.1, 0.15) is 5.54 Å². The van der Waals surface area contributed by atoms with Gasteiger partial charge in [-0.15, -0.1) is 0 Å². The molecule has 0 bridgehead atoms. The van der Waals surface area contributed by atoms with Gasteiger partial charge in [-0.25, -0.2) is 0 Å². The third-order valence-corrected chi connectivity index (χ3v) is 7.08. The minimum atomic E-state index is -0.599. The van der Waals surface area contributed by atoms with E-state index in [2.05, 4.69) is 61.2 Å². The average molecular weight is 347 g/mol. The van der Waals surface area contributed by atoms with Crippen molar-refractivity contribution in [2.45, 2.75) is 43.2 Å². The van der Waals surface area contributed by atoms with Gasteiger partial charge in [-0.1, -0.05) is 48.0 Å². The minimum Gasteiger partial charge on any atom is -0.284 e. The summed E-state index contributed by atoms with van der Waals surface area (Å²) >= 11 is 1.43. The zero-order valence-electron chi connectivity index (χ0n) is 14.6. The van der Waals surface area contributed by atoms with E-state index in [-0.39, 0.29) is 5.12 Å². The van der Waals surface area contributed by atoms with Crippen LogP contribution < -0.4 is 0 Å². The molecule has 0 amide bonds. The Kier molecular flexibility index (Phi) is 3.28. The number of rotatable bonds is 1. The maximum atomic E-state index is 13.5. The number of carbonyl (C=O) groups excluding carboxylic acids is 1. The van der Waals surface area contributed by atoms with E-state index in [0.717, 1.165) is 17.9 Å². The molecule has 1 fully saturated rings. The van der Waals surface area contributed by atoms with Crippen LogP contribution in [-0.2, 0) is 10.3 Å². The predicted octanol–water partition coefficient (Wildman–Crippen LogP) is 4.77. The van der Waals surface area contributed by atoms with Crippen LogP contribution in [0.15, 0.2) is 59.0 Å². The lowest BCUT2D eigenvalue weighted by atomic mass is 9.79. The Morgan fingerprint density at radius 3 is 2.72 bits per heavy atom. The molecule has 2 nitrogen and oxygen atoms in total. The first-order chi connectivity index (χ1) is 12.1. The molecule has 1 spiro atoms. The first-order valence-corrected chi connectivity index (χ1v) is 9.82. The highest BCUT2D eigenvalue weighted by molar-refractivity contribution is 8.14. The summed E-state index contributed by atoms with van der Waals surface area (Å²) in [6.07, 6.45) is 2.33. The van der Waals surface area contributed by atoms with Crippen LogP contribution in [0, 0.1) is 6.92 Å². The molecule has 3 aliphatic heterocycles. The molecule has 2 atom stereocenters. The third-order valence-electron chi connectivity index (χ3n) is 6.02. The largest absolute Gasteiger partial charge is 0.284 e. The number of benzene rings is 2. The van der Waals surface area contributed by atoms with E-state index in [4.69, 9.17) is 0 Å². The van der Waals surface area contributed by atoms with Gasteiger partial charge in [-0.3, -0.25) is 9.69 Å². The molecule has 0 unspecified atom stereocenters. The van der Waals surface area contributed by atoms with E-state index in [1.807, 2.05) is 6.07 Å². The summed E-state index contributed by atoms with van der Waals surface area (Å²) in [6, 6.07) is 17.4. The predicted molar refractivity (Wildman–Crippen MR) is 102 cm³/mol. The van der Waals surface area contributed by atoms with E-state index >= 15 is 0 Å². The molecule has 0 saturated carbocycles. The van der Waals surface area contributed by atoms with Crippen LogP contribution in [0.3, 0.4) is 0 Å². The third kappa shape index (κ3) is 1.88. The molecular formula is C22H21NOS. The Bertz CT molecular complexity index is 917. The molecule has 0 aliphatic carbocycles. The Hall–Kier alpha value is -1.84. The molecule has 3 aliphatic rings. The highest BCUT2D eigenvalue weighted by Crippen LogP contribution is 2.61. The molecule has 3 heterocycles. The number of hydrogen-bond donors (Lipinski definition) is 0. The van der Waals surface area contributed by atoms with Crippen molar-refractivity contribution in [1.29, 1.82) is 0 Å². The van der Waals surface area contributed by atoms with Gasteiger partial charge >= 0.3 is 0 Å². The molecule has 126 valence electrons. The van der Waals surface area contributed by atoms with Gasteiger partial charge in [-0.2, -0.15) is 0 Å². The van der Waals surface area contributed by atoms with Gasteiger partial charge in [0.2, 0.25) is 5.12 Å². The molecule has 1 saturated heterocycles. The average Bonchev–Trinajstić information content (AvgIpc) is 3.26. The molecule has 0 N–H and O–H groups in total. The number of aryl methyl sites for hydroxylation is 1. The number of thioether (sulfide) groups is 1. The first-order valence-electron chi connectivity index (χ1n) is 9.01. The number of carbonyl (C=O) groups is 1. The van der Waals surface area contributed by atoms with Crippen LogP contribution in [-0.4, -0.2) is 22.6 Å². The van der Waals surface area contributed by atoms with Gasteiger partial charge in [0.25, 0.3) is 0 Å². The first kappa shape index (κ1) is 15.4. The topological polar surface area (TPSA) is 20.3 Å². The quantitative estimate of drug-likeness (QED) is 0.741. The van der Waals surface area contributed by atoms with Crippen molar-refractivity contribution in [3.8, 4) is 0 Å². The van der Waals surface area contributed by atoms with Crippen molar-refractivity contribution in [2.75, 3.05) is 6.54 Å². The monoisotopic (exact) mass is 347 g/mol. The molecule has 5 rings (SSSR count). The van der Waals surface area contributed by atoms with E-state index < -0.39 is 5.54 Å². The second-order valence-corrected chi connectivity index (χ2v) is 8.39. The highest BCUT2D eigenvalue weighted by atomic mass is 32.2. The van der Waals surface area contributed by atoms with E-state index in [0.29, 0.717) is 6.04 Å². The normalized spacial score (nSPS) is 28.1. The SMILES string of the molecule is CC1=C(c2ccccc2)[C@@]2(C(=O)Sc3ccc(C)cc32)N2CCC[C@@H]12. The Labute approximate surface area is 152 Å². The fraction of sp³-hybridized carbons (Fsp3) is 0.318. The maximum absolute atomic E-state index is 13.5. The zero-order chi connectivity index (χ0) is 17.2. The van der Waals surface area contributed by atoms with Crippen molar-refractivity contribution < 1.29 is 4.79 Å². The van der Waals surface area contributed by atoms with Gasteiger partial charge in [0, 0.05) is 17.5 Å². The van der Waals surface area contributed by atoms with Crippen LogP contribution >= 0.6 is 11.8 Å². The van der Waals surface area contributed by atoms with Crippen molar-refractivity contribution in [2.24, 2.45) is 0 Å². The van der Waals surface area contributed by atoms with Crippen molar-refractivity contribution in [1.82, 2.24) is 4.90 Å².